The molecule has 0 spiro atoms. The maximum Gasteiger partial charge on any atom is 0.251 e. The molecule has 2 unspecified atom stereocenters. The molecule has 0 saturated heterocycles. The summed E-state index contributed by atoms with van der Waals surface area (Å²) in [7, 11) is 0. The van der Waals surface area contributed by atoms with Crippen molar-refractivity contribution in [2.45, 2.75) is 38.6 Å². The molecule has 2 N–H and O–H groups in total. The highest BCUT2D eigenvalue weighted by molar-refractivity contribution is 9.10. The Morgan fingerprint density at radius 2 is 2.26 bits per heavy atom. The molecule has 4 heteroatoms. The molecular weight excluding hydrogens is 306 g/mol. The van der Waals surface area contributed by atoms with Crippen molar-refractivity contribution in [3.8, 4) is 0 Å². The Morgan fingerprint density at radius 3 is 2.95 bits per heavy atom. The Bertz CT molecular complexity index is 461. The maximum absolute atomic E-state index is 12.2. The van der Waals surface area contributed by atoms with E-state index in [9.17, 15) is 9.90 Å². The molecule has 0 radical (unpaired) electrons. The monoisotopic (exact) mass is 325 g/mol. The predicted octanol–water partition coefficient (Wildman–Crippen LogP) is 3.04. The van der Waals surface area contributed by atoms with Crippen LogP contribution < -0.4 is 5.32 Å². The molecule has 1 amide bonds. The van der Waals surface area contributed by atoms with Gasteiger partial charge in [-0.1, -0.05) is 28.4 Å². The predicted molar refractivity (Wildman–Crippen MR) is 79.2 cm³/mol. The summed E-state index contributed by atoms with van der Waals surface area (Å²) in [4.78, 5) is 12.2. The number of aliphatic hydroxyl groups excluding tert-OH is 1. The number of hydrogen-bond donors (Lipinski definition) is 2. The van der Waals surface area contributed by atoms with Gasteiger partial charge >= 0.3 is 0 Å². The average Bonchev–Trinajstić information content (AvgIpc) is 2.42. The summed E-state index contributed by atoms with van der Waals surface area (Å²) in [5.74, 6) is 0.313. The number of aliphatic hydroxyl groups is 1. The Kier molecular flexibility index (Phi) is 4.99. The second kappa shape index (κ2) is 6.53. The minimum atomic E-state index is -0.0238. The maximum atomic E-state index is 12.2. The van der Waals surface area contributed by atoms with Crippen LogP contribution in [0.4, 0.5) is 0 Å². The van der Waals surface area contributed by atoms with Crippen molar-refractivity contribution in [2.24, 2.45) is 5.92 Å². The number of carbonyl (C=O) groups excluding carboxylic acids is 1. The third-order valence-electron chi connectivity index (χ3n) is 3.81. The van der Waals surface area contributed by atoms with Crippen LogP contribution in [-0.4, -0.2) is 23.7 Å². The van der Waals surface area contributed by atoms with Crippen molar-refractivity contribution in [1.29, 1.82) is 0 Å². The first kappa shape index (κ1) is 14.5. The lowest BCUT2D eigenvalue weighted by molar-refractivity contribution is 0.0906. The van der Waals surface area contributed by atoms with E-state index in [2.05, 4.69) is 21.2 Å². The van der Waals surface area contributed by atoms with E-state index in [1.54, 1.807) is 0 Å². The normalized spacial score (nSPS) is 23.1. The van der Waals surface area contributed by atoms with E-state index in [-0.39, 0.29) is 18.6 Å². The third-order valence-corrected chi connectivity index (χ3v) is 4.66. The fraction of sp³-hybridized carbons (Fsp3) is 0.533. The lowest BCUT2D eigenvalue weighted by Crippen LogP contribution is -2.39. The zero-order chi connectivity index (χ0) is 13.8. The van der Waals surface area contributed by atoms with Gasteiger partial charge in [0.05, 0.1) is 0 Å². The largest absolute Gasteiger partial charge is 0.396 e. The zero-order valence-corrected chi connectivity index (χ0v) is 12.7. The Balaban J connectivity index is 1.98. The average molecular weight is 326 g/mol. The number of nitrogens with one attached hydrogen (secondary N) is 1. The molecular formula is C15H20BrNO2. The molecule has 0 aromatic heterocycles. The Labute approximate surface area is 122 Å². The molecule has 0 heterocycles. The van der Waals surface area contributed by atoms with Gasteiger partial charge in [-0.25, -0.2) is 0 Å². The first-order valence-corrected chi connectivity index (χ1v) is 7.57. The molecule has 1 aromatic rings. The standard InChI is InChI=1S/C15H20BrNO2/c1-10-5-6-12(8-14(10)16)15(19)17-13-4-2-3-11(7-13)9-18/h5-6,8,11,13,18H,2-4,7,9H2,1H3,(H,17,19). The van der Waals surface area contributed by atoms with E-state index in [0.29, 0.717) is 11.5 Å². The molecule has 1 aliphatic carbocycles. The second-order valence-corrected chi connectivity index (χ2v) is 6.20. The minimum Gasteiger partial charge on any atom is -0.396 e. The molecule has 2 atom stereocenters. The Hall–Kier alpha value is -0.870. The molecule has 0 aliphatic heterocycles. The number of rotatable bonds is 3. The van der Waals surface area contributed by atoms with E-state index < -0.39 is 0 Å². The SMILES string of the molecule is Cc1ccc(C(=O)NC2CCCC(CO)C2)cc1Br. The van der Waals surface area contributed by atoms with Gasteiger partial charge in [-0.15, -0.1) is 0 Å². The highest BCUT2D eigenvalue weighted by Crippen LogP contribution is 2.24. The van der Waals surface area contributed by atoms with Crippen LogP contribution in [0.1, 0.15) is 41.6 Å². The molecule has 104 valence electrons. The molecule has 1 aliphatic rings. The lowest BCUT2D eigenvalue weighted by Gasteiger charge is -2.28. The zero-order valence-electron chi connectivity index (χ0n) is 11.2. The van der Waals surface area contributed by atoms with Crippen molar-refractivity contribution in [3.63, 3.8) is 0 Å². The molecule has 1 fully saturated rings. The van der Waals surface area contributed by atoms with Gasteiger partial charge in [-0.2, -0.15) is 0 Å². The number of benzene rings is 1. The van der Waals surface area contributed by atoms with E-state index in [4.69, 9.17) is 0 Å². The summed E-state index contributed by atoms with van der Waals surface area (Å²) in [6.07, 6.45) is 4.04. The number of hydrogen-bond acceptors (Lipinski definition) is 2. The van der Waals surface area contributed by atoms with Gasteiger partial charge < -0.3 is 10.4 Å². The van der Waals surface area contributed by atoms with Crippen LogP contribution in [-0.2, 0) is 0 Å². The molecule has 19 heavy (non-hydrogen) atoms. The van der Waals surface area contributed by atoms with Crippen molar-refractivity contribution >= 4 is 21.8 Å². The smallest absolute Gasteiger partial charge is 0.251 e. The lowest BCUT2D eigenvalue weighted by atomic mass is 9.86. The van der Waals surface area contributed by atoms with E-state index in [1.807, 2.05) is 25.1 Å². The van der Waals surface area contributed by atoms with E-state index in [1.165, 1.54) is 0 Å². The van der Waals surface area contributed by atoms with Crippen molar-refractivity contribution in [3.05, 3.63) is 33.8 Å². The molecule has 0 bridgehead atoms. The van der Waals surface area contributed by atoms with E-state index in [0.717, 1.165) is 35.7 Å². The van der Waals surface area contributed by atoms with Gasteiger partial charge in [0.2, 0.25) is 0 Å². The van der Waals surface area contributed by atoms with Crippen LogP contribution in [0.3, 0.4) is 0 Å². The number of carbonyl (C=O) groups is 1. The van der Waals surface area contributed by atoms with Crippen molar-refractivity contribution in [1.82, 2.24) is 5.32 Å². The molecule has 1 aromatic carbocycles. The fourth-order valence-corrected chi connectivity index (χ4v) is 2.97. The topological polar surface area (TPSA) is 49.3 Å². The molecule has 1 saturated carbocycles. The number of aryl methyl sites for hydroxylation is 1. The van der Waals surface area contributed by atoms with Crippen LogP contribution in [0.5, 0.6) is 0 Å². The van der Waals surface area contributed by atoms with Crippen LogP contribution in [0.15, 0.2) is 22.7 Å². The first-order valence-electron chi connectivity index (χ1n) is 6.78. The summed E-state index contributed by atoms with van der Waals surface area (Å²) in [6.45, 7) is 2.22. The van der Waals surface area contributed by atoms with Crippen LogP contribution >= 0.6 is 15.9 Å². The molecule has 3 nitrogen and oxygen atoms in total. The quantitative estimate of drug-likeness (QED) is 0.897. The summed E-state index contributed by atoms with van der Waals surface area (Å²) in [6, 6.07) is 5.84. The number of halogens is 1. The third kappa shape index (κ3) is 3.80. The summed E-state index contributed by atoms with van der Waals surface area (Å²) in [5, 5.41) is 12.3. The Morgan fingerprint density at radius 1 is 1.47 bits per heavy atom. The summed E-state index contributed by atoms with van der Waals surface area (Å²) < 4.78 is 0.956. The van der Waals surface area contributed by atoms with Crippen molar-refractivity contribution in [2.75, 3.05) is 6.61 Å². The first-order chi connectivity index (χ1) is 9.10. The highest BCUT2D eigenvalue weighted by Gasteiger charge is 2.23. The van der Waals surface area contributed by atoms with Gasteiger partial charge in [0, 0.05) is 22.7 Å². The minimum absolute atomic E-state index is 0.0238. The van der Waals surface area contributed by atoms with E-state index >= 15 is 0 Å². The number of amides is 1. The highest BCUT2D eigenvalue weighted by atomic mass is 79.9. The van der Waals surface area contributed by atoms with Crippen LogP contribution in [0.25, 0.3) is 0 Å². The van der Waals surface area contributed by atoms with Gasteiger partial charge in [0.1, 0.15) is 0 Å². The van der Waals surface area contributed by atoms with Crippen molar-refractivity contribution < 1.29 is 9.90 Å². The van der Waals surface area contributed by atoms with Crippen LogP contribution in [0, 0.1) is 12.8 Å². The van der Waals surface area contributed by atoms with Crippen LogP contribution in [0.2, 0.25) is 0 Å². The van der Waals surface area contributed by atoms with Gasteiger partial charge in [0.15, 0.2) is 0 Å². The van der Waals surface area contributed by atoms with Gasteiger partial charge in [-0.3, -0.25) is 4.79 Å². The molecule has 2 rings (SSSR count). The summed E-state index contributed by atoms with van der Waals surface area (Å²) >= 11 is 3.45. The van der Waals surface area contributed by atoms with Gasteiger partial charge in [-0.05, 0) is 49.8 Å². The fourth-order valence-electron chi connectivity index (χ4n) is 2.59. The van der Waals surface area contributed by atoms with Gasteiger partial charge in [0.25, 0.3) is 5.91 Å². The summed E-state index contributed by atoms with van der Waals surface area (Å²) in [5.41, 5.74) is 1.80. The second-order valence-electron chi connectivity index (χ2n) is 5.35.